The predicted molar refractivity (Wildman–Crippen MR) is 55.3 cm³/mol. The van der Waals surface area contributed by atoms with Gasteiger partial charge in [-0.05, 0) is 25.8 Å². The molecule has 0 unspecified atom stereocenters. The van der Waals surface area contributed by atoms with Crippen LogP contribution in [0.4, 0.5) is 6.01 Å². The molecule has 1 aliphatic heterocycles. The molecule has 78 valence electrons. The summed E-state index contributed by atoms with van der Waals surface area (Å²) < 4.78 is 5.60. The minimum Gasteiger partial charge on any atom is -0.429 e. The molecule has 0 radical (unpaired) electrons. The molecule has 4 heteroatoms. The zero-order chi connectivity index (χ0) is 9.80. The molecule has 2 rings (SSSR count). The van der Waals surface area contributed by atoms with Gasteiger partial charge in [0.15, 0.2) is 0 Å². The van der Waals surface area contributed by atoms with Gasteiger partial charge in [0.05, 0.1) is 6.20 Å². The first-order valence-corrected chi connectivity index (χ1v) is 5.30. The molecule has 0 bridgehead atoms. The highest BCUT2D eigenvalue weighted by Gasteiger charge is 2.15. The highest BCUT2D eigenvalue weighted by atomic mass is 16.4. The van der Waals surface area contributed by atoms with Crippen LogP contribution in [0.5, 0.6) is 0 Å². The van der Waals surface area contributed by atoms with Gasteiger partial charge in [-0.25, -0.2) is 4.98 Å². The van der Waals surface area contributed by atoms with Crippen LogP contribution < -0.4 is 10.6 Å². The molecule has 14 heavy (non-hydrogen) atoms. The van der Waals surface area contributed by atoms with E-state index in [0.29, 0.717) is 6.54 Å². The molecule has 0 aromatic carbocycles. The lowest BCUT2D eigenvalue weighted by Gasteiger charge is -2.24. The van der Waals surface area contributed by atoms with Crippen LogP contribution in [-0.2, 0) is 6.42 Å². The fourth-order valence-electron chi connectivity index (χ4n) is 1.79. The molecule has 0 aliphatic carbocycles. The molecule has 0 spiro atoms. The molecule has 1 saturated heterocycles. The second kappa shape index (κ2) is 4.46. The summed E-state index contributed by atoms with van der Waals surface area (Å²) in [4.78, 5) is 6.47. The number of piperidine rings is 1. The second-order valence-electron chi connectivity index (χ2n) is 3.70. The van der Waals surface area contributed by atoms with E-state index in [1.54, 1.807) is 6.20 Å². The molecular weight excluding hydrogens is 178 g/mol. The Morgan fingerprint density at radius 1 is 1.36 bits per heavy atom. The fraction of sp³-hybridized carbons (Fsp3) is 0.700. The van der Waals surface area contributed by atoms with Crippen molar-refractivity contribution in [2.24, 2.45) is 5.73 Å². The Labute approximate surface area is 84.1 Å². The van der Waals surface area contributed by atoms with Crippen LogP contribution >= 0.6 is 0 Å². The maximum Gasteiger partial charge on any atom is 0.297 e. The van der Waals surface area contributed by atoms with Gasteiger partial charge in [0.25, 0.3) is 6.01 Å². The molecule has 4 nitrogen and oxygen atoms in total. The van der Waals surface area contributed by atoms with E-state index < -0.39 is 0 Å². The molecular formula is C10H17N3O. The summed E-state index contributed by atoms with van der Waals surface area (Å²) in [7, 11) is 0. The van der Waals surface area contributed by atoms with Crippen LogP contribution in [0, 0.1) is 0 Å². The van der Waals surface area contributed by atoms with Gasteiger partial charge in [-0.1, -0.05) is 0 Å². The molecule has 1 aromatic heterocycles. The van der Waals surface area contributed by atoms with Crippen LogP contribution in [0.1, 0.15) is 25.0 Å². The monoisotopic (exact) mass is 195 g/mol. The van der Waals surface area contributed by atoms with Crippen molar-refractivity contribution < 1.29 is 4.42 Å². The lowest BCUT2D eigenvalue weighted by molar-refractivity contribution is 0.466. The number of hydrogen-bond donors (Lipinski definition) is 1. The number of oxazole rings is 1. The van der Waals surface area contributed by atoms with Crippen molar-refractivity contribution in [2.75, 3.05) is 24.5 Å². The fourth-order valence-corrected chi connectivity index (χ4v) is 1.79. The Balaban J connectivity index is 2.00. The third-order valence-electron chi connectivity index (χ3n) is 2.56. The van der Waals surface area contributed by atoms with Gasteiger partial charge >= 0.3 is 0 Å². The summed E-state index contributed by atoms with van der Waals surface area (Å²) in [5.74, 6) is 0.896. The lowest BCUT2D eigenvalue weighted by Crippen LogP contribution is -2.29. The van der Waals surface area contributed by atoms with Gasteiger partial charge in [-0.2, -0.15) is 0 Å². The third-order valence-corrected chi connectivity index (χ3v) is 2.56. The lowest BCUT2D eigenvalue weighted by atomic mass is 10.1. The first kappa shape index (κ1) is 9.52. The van der Waals surface area contributed by atoms with Crippen molar-refractivity contribution in [3.63, 3.8) is 0 Å². The Hall–Kier alpha value is -1.03. The second-order valence-corrected chi connectivity index (χ2v) is 3.70. The van der Waals surface area contributed by atoms with Crippen molar-refractivity contribution >= 4 is 6.01 Å². The minimum absolute atomic E-state index is 0.620. The van der Waals surface area contributed by atoms with E-state index in [2.05, 4.69) is 9.88 Å². The summed E-state index contributed by atoms with van der Waals surface area (Å²) in [6.45, 7) is 2.76. The summed E-state index contributed by atoms with van der Waals surface area (Å²) in [5.41, 5.74) is 5.45. The van der Waals surface area contributed by atoms with Crippen LogP contribution in [0.3, 0.4) is 0 Å². The molecule has 0 atom stereocenters. The number of aromatic nitrogens is 1. The Morgan fingerprint density at radius 3 is 2.86 bits per heavy atom. The number of nitrogens with zero attached hydrogens (tertiary/aromatic N) is 2. The van der Waals surface area contributed by atoms with E-state index in [1.807, 2.05) is 0 Å². The zero-order valence-electron chi connectivity index (χ0n) is 8.41. The maximum absolute atomic E-state index is 5.60. The van der Waals surface area contributed by atoms with Crippen molar-refractivity contribution in [3.8, 4) is 0 Å². The van der Waals surface area contributed by atoms with Crippen LogP contribution in [0.15, 0.2) is 10.6 Å². The standard InChI is InChI=1S/C10H17N3O/c11-5-4-9-8-12-10(14-9)13-6-2-1-3-7-13/h8H,1-7,11H2. The van der Waals surface area contributed by atoms with Gasteiger partial charge in [0.2, 0.25) is 0 Å². The molecule has 1 fully saturated rings. The Morgan fingerprint density at radius 2 is 2.14 bits per heavy atom. The van der Waals surface area contributed by atoms with E-state index in [-0.39, 0.29) is 0 Å². The zero-order valence-corrected chi connectivity index (χ0v) is 8.41. The van der Waals surface area contributed by atoms with E-state index in [4.69, 9.17) is 10.2 Å². The third kappa shape index (κ3) is 2.07. The highest BCUT2D eigenvalue weighted by Crippen LogP contribution is 2.19. The van der Waals surface area contributed by atoms with Crippen molar-refractivity contribution in [3.05, 3.63) is 12.0 Å². The summed E-state index contributed by atoms with van der Waals surface area (Å²) in [5, 5.41) is 0. The largest absolute Gasteiger partial charge is 0.429 e. The van der Waals surface area contributed by atoms with Crippen molar-refractivity contribution in [1.82, 2.24) is 4.98 Å². The minimum atomic E-state index is 0.620. The van der Waals surface area contributed by atoms with Gasteiger partial charge in [0.1, 0.15) is 5.76 Å². The molecule has 1 aliphatic rings. The number of rotatable bonds is 3. The molecule has 1 aromatic rings. The maximum atomic E-state index is 5.60. The highest BCUT2D eigenvalue weighted by molar-refractivity contribution is 5.26. The molecule has 2 heterocycles. The summed E-state index contributed by atoms with van der Waals surface area (Å²) in [6, 6.07) is 0.771. The SMILES string of the molecule is NCCc1cnc(N2CCCCC2)o1. The molecule has 0 saturated carbocycles. The molecule has 2 N–H and O–H groups in total. The average molecular weight is 195 g/mol. The number of hydrogen-bond acceptors (Lipinski definition) is 4. The van der Waals surface area contributed by atoms with E-state index in [9.17, 15) is 0 Å². The summed E-state index contributed by atoms with van der Waals surface area (Å²) >= 11 is 0. The van der Waals surface area contributed by atoms with E-state index in [0.717, 1.165) is 31.3 Å². The van der Waals surface area contributed by atoms with Crippen LogP contribution in [0.25, 0.3) is 0 Å². The topological polar surface area (TPSA) is 55.3 Å². The Kier molecular flexibility index (Phi) is 3.03. The van der Waals surface area contributed by atoms with Crippen molar-refractivity contribution in [1.29, 1.82) is 0 Å². The van der Waals surface area contributed by atoms with Gasteiger partial charge in [-0.3, -0.25) is 0 Å². The van der Waals surface area contributed by atoms with E-state index >= 15 is 0 Å². The number of nitrogens with two attached hydrogens (primary N) is 1. The van der Waals surface area contributed by atoms with Gasteiger partial charge < -0.3 is 15.1 Å². The first-order chi connectivity index (χ1) is 6.90. The summed E-state index contributed by atoms with van der Waals surface area (Å²) in [6.07, 6.45) is 6.38. The van der Waals surface area contributed by atoms with Gasteiger partial charge in [0, 0.05) is 19.5 Å². The van der Waals surface area contributed by atoms with Gasteiger partial charge in [-0.15, -0.1) is 0 Å². The molecule has 0 amide bonds. The van der Waals surface area contributed by atoms with Crippen LogP contribution in [-0.4, -0.2) is 24.6 Å². The first-order valence-electron chi connectivity index (χ1n) is 5.30. The van der Waals surface area contributed by atoms with Crippen molar-refractivity contribution in [2.45, 2.75) is 25.7 Å². The smallest absolute Gasteiger partial charge is 0.297 e. The number of anilines is 1. The normalized spacial score (nSPS) is 17.4. The quantitative estimate of drug-likeness (QED) is 0.786. The predicted octanol–water partition coefficient (Wildman–Crippen LogP) is 1.17. The Bertz CT molecular complexity index is 279. The average Bonchev–Trinajstić information content (AvgIpc) is 2.68. The van der Waals surface area contributed by atoms with Crippen LogP contribution in [0.2, 0.25) is 0 Å². The van der Waals surface area contributed by atoms with E-state index in [1.165, 1.54) is 19.3 Å².